The molecule has 0 heterocycles. The second-order valence-corrected chi connectivity index (χ2v) is 5.26. The molecule has 2 aromatic carbocycles. The summed E-state index contributed by atoms with van der Waals surface area (Å²) in [5.41, 5.74) is 8.96. The van der Waals surface area contributed by atoms with E-state index in [1.807, 2.05) is 30.3 Å². The lowest BCUT2D eigenvalue weighted by atomic mass is 9.79. The van der Waals surface area contributed by atoms with Crippen molar-refractivity contribution in [2.45, 2.75) is 31.4 Å². The molecule has 2 heteroatoms. The van der Waals surface area contributed by atoms with Crippen LogP contribution in [0.4, 0.5) is 0 Å². The molecule has 3 unspecified atom stereocenters. The van der Waals surface area contributed by atoms with Gasteiger partial charge in [-0.2, -0.15) is 0 Å². The first kappa shape index (κ1) is 12.2. The zero-order valence-electron chi connectivity index (χ0n) is 11.1. The van der Waals surface area contributed by atoms with Gasteiger partial charge in [-0.05, 0) is 35.6 Å². The number of rotatable bonds is 2. The van der Waals surface area contributed by atoms with E-state index in [0.717, 1.165) is 12.2 Å². The molecule has 1 aliphatic rings. The van der Waals surface area contributed by atoms with E-state index in [1.165, 1.54) is 11.1 Å². The van der Waals surface area contributed by atoms with E-state index in [4.69, 9.17) is 10.5 Å². The standard InChI is InChI=1S/C17H19NO/c1-12-11-16(19-13-7-3-2-4-8-13)17(18)15-10-6-5-9-14(12)15/h2-10,12,16-17H,11,18H2,1H3. The van der Waals surface area contributed by atoms with Gasteiger partial charge in [0, 0.05) is 0 Å². The van der Waals surface area contributed by atoms with Gasteiger partial charge in [0.05, 0.1) is 6.04 Å². The lowest BCUT2D eigenvalue weighted by Gasteiger charge is -2.35. The highest BCUT2D eigenvalue weighted by Gasteiger charge is 2.31. The van der Waals surface area contributed by atoms with Gasteiger partial charge >= 0.3 is 0 Å². The Morgan fingerprint density at radius 3 is 2.32 bits per heavy atom. The number of hydrogen-bond acceptors (Lipinski definition) is 2. The van der Waals surface area contributed by atoms with Crippen LogP contribution in [0, 0.1) is 0 Å². The van der Waals surface area contributed by atoms with Crippen LogP contribution in [0.1, 0.15) is 36.4 Å². The normalized spacial score (nSPS) is 25.7. The molecular formula is C17H19NO. The molecule has 0 saturated carbocycles. The quantitative estimate of drug-likeness (QED) is 0.886. The molecule has 2 aromatic rings. The van der Waals surface area contributed by atoms with Crippen molar-refractivity contribution in [3.63, 3.8) is 0 Å². The van der Waals surface area contributed by atoms with Crippen LogP contribution in [0.2, 0.25) is 0 Å². The second kappa shape index (κ2) is 5.06. The third-order valence-corrected chi connectivity index (χ3v) is 3.90. The van der Waals surface area contributed by atoms with Crippen LogP contribution in [0.3, 0.4) is 0 Å². The molecule has 0 aromatic heterocycles. The van der Waals surface area contributed by atoms with Gasteiger partial charge in [-0.15, -0.1) is 0 Å². The van der Waals surface area contributed by atoms with E-state index in [0.29, 0.717) is 5.92 Å². The molecule has 2 N–H and O–H groups in total. The predicted octanol–water partition coefficient (Wildman–Crippen LogP) is 3.64. The minimum absolute atomic E-state index is 0.0484. The highest BCUT2D eigenvalue weighted by atomic mass is 16.5. The second-order valence-electron chi connectivity index (χ2n) is 5.26. The van der Waals surface area contributed by atoms with Crippen molar-refractivity contribution in [3.05, 3.63) is 65.7 Å². The summed E-state index contributed by atoms with van der Waals surface area (Å²) < 4.78 is 6.07. The summed E-state index contributed by atoms with van der Waals surface area (Å²) in [6.07, 6.45) is 1.01. The average Bonchev–Trinajstić information content (AvgIpc) is 2.46. The number of nitrogens with two attached hydrogens (primary N) is 1. The summed E-state index contributed by atoms with van der Waals surface area (Å²) >= 11 is 0. The molecule has 3 atom stereocenters. The van der Waals surface area contributed by atoms with Crippen LogP contribution in [-0.2, 0) is 0 Å². The van der Waals surface area contributed by atoms with Gasteiger partial charge in [0.1, 0.15) is 11.9 Å². The molecule has 0 fully saturated rings. The number of benzene rings is 2. The molecule has 0 saturated heterocycles. The Hall–Kier alpha value is -1.80. The fourth-order valence-corrected chi connectivity index (χ4v) is 2.88. The molecule has 0 bridgehead atoms. The van der Waals surface area contributed by atoms with Gasteiger partial charge < -0.3 is 10.5 Å². The van der Waals surface area contributed by atoms with Crippen molar-refractivity contribution in [1.29, 1.82) is 0 Å². The van der Waals surface area contributed by atoms with E-state index in [9.17, 15) is 0 Å². The van der Waals surface area contributed by atoms with Crippen molar-refractivity contribution in [3.8, 4) is 5.75 Å². The molecule has 1 aliphatic carbocycles. The van der Waals surface area contributed by atoms with Gasteiger partial charge in [0.25, 0.3) is 0 Å². The fraction of sp³-hybridized carbons (Fsp3) is 0.294. The van der Waals surface area contributed by atoms with Crippen molar-refractivity contribution < 1.29 is 4.74 Å². The zero-order valence-corrected chi connectivity index (χ0v) is 11.1. The van der Waals surface area contributed by atoms with Gasteiger partial charge in [0.2, 0.25) is 0 Å². The van der Waals surface area contributed by atoms with Crippen LogP contribution >= 0.6 is 0 Å². The Balaban J connectivity index is 1.86. The summed E-state index contributed by atoms with van der Waals surface area (Å²) in [6.45, 7) is 2.24. The van der Waals surface area contributed by atoms with Crippen LogP contribution in [0.5, 0.6) is 5.75 Å². The third-order valence-electron chi connectivity index (χ3n) is 3.90. The zero-order chi connectivity index (χ0) is 13.2. The highest BCUT2D eigenvalue weighted by Crippen LogP contribution is 2.37. The molecule has 0 aliphatic heterocycles. The molecule has 2 nitrogen and oxygen atoms in total. The van der Waals surface area contributed by atoms with Crippen LogP contribution in [-0.4, -0.2) is 6.10 Å². The summed E-state index contributed by atoms with van der Waals surface area (Å²) in [5, 5.41) is 0. The van der Waals surface area contributed by atoms with E-state index >= 15 is 0 Å². The average molecular weight is 253 g/mol. The summed E-state index contributed by atoms with van der Waals surface area (Å²) in [4.78, 5) is 0. The minimum atomic E-state index is -0.0485. The van der Waals surface area contributed by atoms with E-state index in [1.54, 1.807) is 0 Å². The number of ether oxygens (including phenoxy) is 1. The van der Waals surface area contributed by atoms with Gasteiger partial charge in [0.15, 0.2) is 0 Å². The largest absolute Gasteiger partial charge is 0.488 e. The maximum atomic E-state index is 6.38. The Morgan fingerprint density at radius 2 is 1.58 bits per heavy atom. The molecule has 3 rings (SSSR count). The van der Waals surface area contributed by atoms with E-state index in [2.05, 4.69) is 31.2 Å². The smallest absolute Gasteiger partial charge is 0.119 e. The molecule has 0 amide bonds. The highest BCUT2D eigenvalue weighted by molar-refractivity contribution is 5.36. The molecule has 0 spiro atoms. The summed E-state index contributed by atoms with van der Waals surface area (Å²) in [7, 11) is 0. The van der Waals surface area contributed by atoms with E-state index in [-0.39, 0.29) is 12.1 Å². The third kappa shape index (κ3) is 2.36. The Labute approximate surface area is 114 Å². The molecular weight excluding hydrogens is 234 g/mol. The van der Waals surface area contributed by atoms with Crippen LogP contribution < -0.4 is 10.5 Å². The number of hydrogen-bond donors (Lipinski definition) is 1. The van der Waals surface area contributed by atoms with Gasteiger partial charge in [-0.1, -0.05) is 49.4 Å². The van der Waals surface area contributed by atoms with Crippen molar-refractivity contribution in [1.82, 2.24) is 0 Å². The lowest BCUT2D eigenvalue weighted by Crippen LogP contribution is -2.37. The monoisotopic (exact) mass is 253 g/mol. The maximum Gasteiger partial charge on any atom is 0.119 e. The lowest BCUT2D eigenvalue weighted by molar-refractivity contribution is 0.144. The number of fused-ring (bicyclic) bond motifs is 1. The van der Waals surface area contributed by atoms with Gasteiger partial charge in [-0.3, -0.25) is 0 Å². The van der Waals surface area contributed by atoms with Crippen molar-refractivity contribution in [2.75, 3.05) is 0 Å². The molecule has 98 valence electrons. The Bertz CT molecular complexity index is 552. The SMILES string of the molecule is CC1CC(Oc2ccccc2)C(N)c2ccccc21. The fourth-order valence-electron chi connectivity index (χ4n) is 2.88. The first-order valence-corrected chi connectivity index (χ1v) is 6.82. The maximum absolute atomic E-state index is 6.38. The summed E-state index contributed by atoms with van der Waals surface area (Å²) in [6, 6.07) is 18.3. The molecule has 19 heavy (non-hydrogen) atoms. The number of para-hydroxylation sites is 1. The van der Waals surface area contributed by atoms with Crippen molar-refractivity contribution in [2.24, 2.45) is 5.73 Å². The molecule has 0 radical (unpaired) electrons. The van der Waals surface area contributed by atoms with Gasteiger partial charge in [-0.25, -0.2) is 0 Å². The Morgan fingerprint density at radius 1 is 0.947 bits per heavy atom. The van der Waals surface area contributed by atoms with E-state index < -0.39 is 0 Å². The topological polar surface area (TPSA) is 35.2 Å². The van der Waals surface area contributed by atoms with Crippen LogP contribution in [0.15, 0.2) is 54.6 Å². The Kier molecular flexibility index (Phi) is 3.26. The minimum Gasteiger partial charge on any atom is -0.488 e. The van der Waals surface area contributed by atoms with Crippen LogP contribution in [0.25, 0.3) is 0 Å². The first-order valence-electron chi connectivity index (χ1n) is 6.82. The first-order chi connectivity index (χ1) is 9.25. The summed E-state index contributed by atoms with van der Waals surface area (Å²) in [5.74, 6) is 1.39. The predicted molar refractivity (Wildman–Crippen MR) is 77.3 cm³/mol. The van der Waals surface area contributed by atoms with Crippen molar-refractivity contribution >= 4 is 0 Å².